The second-order valence-corrected chi connectivity index (χ2v) is 5.99. The number of hydrogen-bond acceptors (Lipinski definition) is 4. The van der Waals surface area contributed by atoms with E-state index < -0.39 is 47.3 Å². The van der Waals surface area contributed by atoms with Crippen LogP contribution in [0.1, 0.15) is 11.1 Å². The van der Waals surface area contributed by atoms with Crippen LogP contribution in [-0.2, 0) is 27.0 Å². The van der Waals surface area contributed by atoms with Crippen LogP contribution in [0.25, 0.3) is 0 Å². The topological polar surface area (TPSA) is 77.4 Å². The third-order valence-electron chi connectivity index (χ3n) is 3.37. The van der Waals surface area contributed by atoms with E-state index in [1.165, 1.54) is 0 Å². The van der Waals surface area contributed by atoms with Gasteiger partial charge in [0.25, 0.3) is 11.5 Å². The van der Waals surface area contributed by atoms with Crippen molar-refractivity contribution in [1.29, 1.82) is 0 Å². The second-order valence-electron chi connectivity index (χ2n) is 5.58. The molecule has 10 heteroatoms. The molecule has 2 aromatic rings. The fourth-order valence-corrected chi connectivity index (χ4v) is 2.26. The Hall–Kier alpha value is -2.81. The maximum Gasteiger partial charge on any atom is 0.417 e. The number of pyridine rings is 1. The summed E-state index contributed by atoms with van der Waals surface area (Å²) in [6.07, 6.45) is -4.28. The highest BCUT2D eigenvalue weighted by Gasteiger charge is 2.32. The van der Waals surface area contributed by atoms with Gasteiger partial charge in [0.05, 0.1) is 5.56 Å². The van der Waals surface area contributed by atoms with Crippen molar-refractivity contribution in [1.82, 2.24) is 4.57 Å². The number of rotatable bonds is 5. The van der Waals surface area contributed by atoms with Crippen molar-refractivity contribution in [3.8, 4) is 0 Å². The van der Waals surface area contributed by atoms with E-state index in [2.05, 4.69) is 10.1 Å². The molecule has 6 nitrogen and oxygen atoms in total. The monoisotopic (exact) mass is 402 g/mol. The predicted molar refractivity (Wildman–Crippen MR) is 91.5 cm³/mol. The van der Waals surface area contributed by atoms with Crippen LogP contribution >= 0.6 is 11.6 Å². The van der Waals surface area contributed by atoms with Crippen molar-refractivity contribution in [3.05, 3.63) is 63.0 Å². The molecule has 1 N–H and O–H groups in total. The Morgan fingerprint density at radius 3 is 2.44 bits per heavy atom. The molecular weight excluding hydrogens is 389 g/mol. The summed E-state index contributed by atoms with van der Waals surface area (Å²) in [5.74, 6) is -1.70. The molecule has 0 aliphatic heterocycles. The van der Waals surface area contributed by atoms with E-state index in [4.69, 9.17) is 11.6 Å². The van der Waals surface area contributed by atoms with Crippen LogP contribution in [0.15, 0.2) is 41.3 Å². The lowest BCUT2D eigenvalue weighted by Gasteiger charge is -2.11. The summed E-state index contributed by atoms with van der Waals surface area (Å²) in [6, 6.07) is 7.32. The summed E-state index contributed by atoms with van der Waals surface area (Å²) in [5.41, 5.74) is -0.685. The summed E-state index contributed by atoms with van der Waals surface area (Å²) in [5, 5.41) is 1.80. The number of benzene rings is 1. The van der Waals surface area contributed by atoms with Crippen LogP contribution in [0.3, 0.4) is 0 Å². The highest BCUT2D eigenvalue weighted by Crippen LogP contribution is 2.29. The number of carbonyl (C=O) groups is 2. The Balaban J connectivity index is 1.97. The van der Waals surface area contributed by atoms with Crippen molar-refractivity contribution in [2.24, 2.45) is 0 Å². The fraction of sp³-hybridized carbons (Fsp3) is 0.235. The van der Waals surface area contributed by atoms with E-state index in [1.54, 1.807) is 24.3 Å². The van der Waals surface area contributed by atoms with Crippen molar-refractivity contribution in [3.63, 3.8) is 0 Å². The Kier molecular flexibility index (Phi) is 6.27. The van der Waals surface area contributed by atoms with Gasteiger partial charge in [0.15, 0.2) is 6.61 Å². The molecular formula is C17H14ClF3N2O4. The van der Waals surface area contributed by atoms with E-state index in [9.17, 15) is 27.6 Å². The van der Waals surface area contributed by atoms with Gasteiger partial charge in [-0.2, -0.15) is 13.2 Å². The minimum atomic E-state index is -4.74. The predicted octanol–water partition coefficient (Wildman–Crippen LogP) is 3.01. The van der Waals surface area contributed by atoms with E-state index in [0.717, 1.165) is 5.56 Å². The SMILES string of the molecule is Cc1ccc(NC(=O)COC(=O)Cn2cc(C(F)(F)F)cc(Cl)c2=O)cc1. The van der Waals surface area contributed by atoms with Crippen LogP contribution in [0.2, 0.25) is 5.02 Å². The Bertz CT molecular complexity index is 908. The van der Waals surface area contributed by atoms with Crippen LogP contribution in [0, 0.1) is 6.92 Å². The highest BCUT2D eigenvalue weighted by atomic mass is 35.5. The molecule has 0 spiro atoms. The molecule has 0 aliphatic carbocycles. The minimum Gasteiger partial charge on any atom is -0.454 e. The van der Waals surface area contributed by atoms with Crippen molar-refractivity contribution < 1.29 is 27.5 Å². The first-order valence-electron chi connectivity index (χ1n) is 7.55. The molecule has 0 bridgehead atoms. The van der Waals surface area contributed by atoms with Gasteiger partial charge in [-0.05, 0) is 25.1 Å². The largest absolute Gasteiger partial charge is 0.454 e. The van der Waals surface area contributed by atoms with E-state index >= 15 is 0 Å². The number of alkyl halides is 3. The lowest BCUT2D eigenvalue weighted by molar-refractivity contribution is -0.148. The molecule has 0 unspecified atom stereocenters. The number of aromatic nitrogens is 1. The first kappa shape index (κ1) is 20.5. The number of anilines is 1. The normalized spacial score (nSPS) is 11.1. The lowest BCUT2D eigenvalue weighted by atomic mass is 10.2. The molecule has 27 heavy (non-hydrogen) atoms. The van der Waals surface area contributed by atoms with Crippen molar-refractivity contribution in [2.45, 2.75) is 19.6 Å². The van der Waals surface area contributed by atoms with Crippen LogP contribution in [0.5, 0.6) is 0 Å². The Labute approximate surface area is 156 Å². The zero-order valence-corrected chi connectivity index (χ0v) is 14.7. The summed E-state index contributed by atoms with van der Waals surface area (Å²) in [7, 11) is 0. The molecule has 2 rings (SSSR count). The zero-order valence-electron chi connectivity index (χ0n) is 14.0. The Morgan fingerprint density at radius 1 is 1.22 bits per heavy atom. The van der Waals surface area contributed by atoms with Crippen LogP contribution in [-0.4, -0.2) is 23.1 Å². The summed E-state index contributed by atoms with van der Waals surface area (Å²) >= 11 is 5.49. The number of halogens is 4. The van der Waals surface area contributed by atoms with E-state index in [-0.39, 0.29) is 0 Å². The van der Waals surface area contributed by atoms with Gasteiger partial charge in [-0.25, -0.2) is 0 Å². The first-order chi connectivity index (χ1) is 12.6. The van der Waals surface area contributed by atoms with Gasteiger partial charge in [0.2, 0.25) is 0 Å². The number of esters is 1. The van der Waals surface area contributed by atoms with Gasteiger partial charge < -0.3 is 14.6 Å². The molecule has 1 heterocycles. The van der Waals surface area contributed by atoms with Crippen molar-refractivity contribution >= 4 is 29.2 Å². The first-order valence-corrected chi connectivity index (χ1v) is 7.93. The van der Waals surface area contributed by atoms with E-state index in [0.29, 0.717) is 22.5 Å². The van der Waals surface area contributed by atoms with Gasteiger partial charge in [-0.3, -0.25) is 14.4 Å². The average molecular weight is 403 g/mol. The highest BCUT2D eigenvalue weighted by molar-refractivity contribution is 6.30. The number of carbonyl (C=O) groups excluding carboxylic acids is 2. The molecule has 1 aromatic carbocycles. The molecule has 0 fully saturated rings. The number of nitrogens with zero attached hydrogens (tertiary/aromatic N) is 1. The minimum absolute atomic E-state index is 0.460. The molecule has 1 amide bonds. The van der Waals surface area contributed by atoms with Gasteiger partial charge >= 0.3 is 12.1 Å². The van der Waals surface area contributed by atoms with Gasteiger partial charge in [-0.15, -0.1) is 0 Å². The quantitative estimate of drug-likeness (QED) is 0.780. The van der Waals surface area contributed by atoms with Crippen molar-refractivity contribution in [2.75, 3.05) is 11.9 Å². The number of nitrogens with one attached hydrogen (secondary N) is 1. The summed E-state index contributed by atoms with van der Waals surface area (Å²) < 4.78 is 43.4. The summed E-state index contributed by atoms with van der Waals surface area (Å²) in [4.78, 5) is 35.3. The number of amides is 1. The molecule has 0 radical (unpaired) electrons. The maximum atomic E-state index is 12.8. The number of ether oxygens (including phenoxy) is 1. The van der Waals surface area contributed by atoms with Gasteiger partial charge in [0, 0.05) is 11.9 Å². The maximum absolute atomic E-state index is 12.8. The smallest absolute Gasteiger partial charge is 0.417 e. The molecule has 0 aliphatic rings. The van der Waals surface area contributed by atoms with Crippen LogP contribution in [0.4, 0.5) is 18.9 Å². The molecule has 144 valence electrons. The average Bonchev–Trinajstić information content (AvgIpc) is 2.58. The fourth-order valence-electron chi connectivity index (χ4n) is 2.04. The van der Waals surface area contributed by atoms with E-state index in [1.807, 2.05) is 6.92 Å². The lowest BCUT2D eigenvalue weighted by Crippen LogP contribution is -2.29. The molecule has 0 atom stereocenters. The van der Waals surface area contributed by atoms with Crippen LogP contribution < -0.4 is 10.9 Å². The molecule has 1 aromatic heterocycles. The summed E-state index contributed by atoms with van der Waals surface area (Å²) in [6.45, 7) is 0.393. The van der Waals surface area contributed by atoms with Gasteiger partial charge in [0.1, 0.15) is 11.6 Å². The van der Waals surface area contributed by atoms with Gasteiger partial charge in [-0.1, -0.05) is 29.3 Å². The third kappa shape index (κ3) is 5.85. The molecule has 0 saturated heterocycles. The molecule has 0 saturated carbocycles. The second kappa shape index (κ2) is 8.26. The zero-order chi connectivity index (χ0) is 20.2. The Morgan fingerprint density at radius 2 is 1.85 bits per heavy atom. The number of aryl methyl sites for hydroxylation is 1. The third-order valence-corrected chi connectivity index (χ3v) is 3.64. The standard InChI is InChI=1S/C17H14ClF3N2O4/c1-10-2-4-12(5-3-10)22-14(24)9-27-15(25)8-23-7-11(17(19,20)21)6-13(18)16(23)26/h2-7H,8-9H2,1H3,(H,22,24). The number of hydrogen-bond donors (Lipinski definition) is 1.